The molecule has 0 radical (unpaired) electrons. The number of hydrogen-bond donors (Lipinski definition) is 0. The van der Waals surface area contributed by atoms with E-state index in [-0.39, 0.29) is 18.0 Å². The van der Waals surface area contributed by atoms with Crippen LogP contribution in [0.5, 0.6) is 0 Å². The molecule has 0 amide bonds. The van der Waals surface area contributed by atoms with Crippen LogP contribution in [0.3, 0.4) is 0 Å². The lowest BCUT2D eigenvalue weighted by atomic mass is 10.2. The van der Waals surface area contributed by atoms with E-state index in [1.807, 2.05) is 30.3 Å². The molecule has 1 fully saturated rings. The third-order valence-corrected chi connectivity index (χ3v) is 3.85. The fourth-order valence-electron chi connectivity index (χ4n) is 2.60. The quantitative estimate of drug-likeness (QED) is 0.542. The summed E-state index contributed by atoms with van der Waals surface area (Å²) in [6.45, 7) is 0.309. The average molecular weight is 304 g/mol. The van der Waals surface area contributed by atoms with Crippen LogP contribution in [0.15, 0.2) is 30.3 Å². The highest BCUT2D eigenvalue weighted by Gasteiger charge is 2.18. The minimum absolute atomic E-state index is 0.128. The molecule has 0 atom stereocenters. The smallest absolute Gasteiger partial charge is 0.306 e. The summed E-state index contributed by atoms with van der Waals surface area (Å²) in [5.41, 5.74) is 0.982. The van der Waals surface area contributed by atoms with Crippen LogP contribution < -0.4 is 0 Å². The van der Waals surface area contributed by atoms with Gasteiger partial charge in [-0.25, -0.2) is 0 Å². The number of unbranched alkanes of at least 4 members (excludes halogenated alkanes) is 1. The molecule has 0 bridgehead atoms. The second-order valence-corrected chi connectivity index (χ2v) is 5.75. The van der Waals surface area contributed by atoms with Crippen molar-refractivity contribution in [2.75, 3.05) is 0 Å². The van der Waals surface area contributed by atoms with Crippen LogP contribution in [0.2, 0.25) is 0 Å². The molecule has 1 aromatic carbocycles. The molecule has 0 aromatic heterocycles. The lowest BCUT2D eigenvalue weighted by Crippen LogP contribution is -2.14. The Balaban J connectivity index is 1.50. The highest BCUT2D eigenvalue weighted by atomic mass is 16.5. The zero-order valence-corrected chi connectivity index (χ0v) is 13.0. The van der Waals surface area contributed by atoms with Crippen LogP contribution in [0.25, 0.3) is 0 Å². The lowest BCUT2D eigenvalue weighted by molar-refractivity contribution is -0.149. The summed E-state index contributed by atoms with van der Waals surface area (Å²) < 4.78 is 10.6. The average Bonchev–Trinajstić information content (AvgIpc) is 3.03. The molecule has 4 nitrogen and oxygen atoms in total. The number of carbonyl (C=O) groups excluding carboxylic acids is 2. The molecule has 1 aliphatic carbocycles. The SMILES string of the molecule is O=C(CCCCC(=O)OC1CCCC1)OCc1ccccc1. The van der Waals surface area contributed by atoms with Gasteiger partial charge in [-0.3, -0.25) is 9.59 Å². The number of hydrogen-bond acceptors (Lipinski definition) is 4. The van der Waals surface area contributed by atoms with Crippen molar-refractivity contribution in [3.63, 3.8) is 0 Å². The van der Waals surface area contributed by atoms with Gasteiger partial charge in [0.25, 0.3) is 0 Å². The Bertz CT molecular complexity index is 463. The molecule has 0 spiro atoms. The van der Waals surface area contributed by atoms with Gasteiger partial charge < -0.3 is 9.47 Å². The molecular formula is C18H24O4. The lowest BCUT2D eigenvalue weighted by Gasteiger charge is -2.10. The molecule has 0 unspecified atom stereocenters. The van der Waals surface area contributed by atoms with E-state index in [0.29, 0.717) is 32.3 Å². The molecule has 22 heavy (non-hydrogen) atoms. The van der Waals surface area contributed by atoms with Gasteiger partial charge in [0.2, 0.25) is 0 Å². The first-order valence-corrected chi connectivity index (χ1v) is 8.13. The maximum absolute atomic E-state index is 11.6. The monoisotopic (exact) mass is 304 g/mol. The van der Waals surface area contributed by atoms with Crippen LogP contribution in [0.1, 0.15) is 56.9 Å². The summed E-state index contributed by atoms with van der Waals surface area (Å²) >= 11 is 0. The van der Waals surface area contributed by atoms with Crippen molar-refractivity contribution >= 4 is 11.9 Å². The third-order valence-electron chi connectivity index (χ3n) is 3.85. The van der Waals surface area contributed by atoms with E-state index in [1.54, 1.807) is 0 Å². The highest BCUT2D eigenvalue weighted by molar-refractivity contribution is 5.70. The van der Waals surface area contributed by atoms with E-state index in [4.69, 9.17) is 9.47 Å². The minimum atomic E-state index is -0.215. The zero-order valence-electron chi connectivity index (χ0n) is 13.0. The van der Waals surface area contributed by atoms with Crippen LogP contribution in [0, 0.1) is 0 Å². The van der Waals surface area contributed by atoms with Gasteiger partial charge in [0.15, 0.2) is 0 Å². The Kier molecular flexibility index (Phi) is 6.94. The van der Waals surface area contributed by atoms with E-state index in [1.165, 1.54) is 0 Å². The van der Waals surface area contributed by atoms with Crippen molar-refractivity contribution in [3.8, 4) is 0 Å². The van der Waals surface area contributed by atoms with E-state index >= 15 is 0 Å². The van der Waals surface area contributed by atoms with Crippen molar-refractivity contribution in [3.05, 3.63) is 35.9 Å². The van der Waals surface area contributed by atoms with Gasteiger partial charge >= 0.3 is 11.9 Å². The molecular weight excluding hydrogens is 280 g/mol. The van der Waals surface area contributed by atoms with Gasteiger partial charge in [-0.1, -0.05) is 30.3 Å². The maximum Gasteiger partial charge on any atom is 0.306 e. The van der Waals surface area contributed by atoms with E-state index in [9.17, 15) is 9.59 Å². The Morgan fingerprint density at radius 1 is 0.955 bits per heavy atom. The van der Waals surface area contributed by atoms with E-state index in [2.05, 4.69) is 0 Å². The van der Waals surface area contributed by atoms with Gasteiger partial charge in [0.1, 0.15) is 12.7 Å². The number of benzene rings is 1. The molecule has 0 N–H and O–H groups in total. The molecule has 1 aliphatic rings. The second-order valence-electron chi connectivity index (χ2n) is 5.75. The van der Waals surface area contributed by atoms with Crippen molar-refractivity contribution in [2.24, 2.45) is 0 Å². The Hall–Kier alpha value is -1.84. The topological polar surface area (TPSA) is 52.6 Å². The van der Waals surface area contributed by atoms with Crippen LogP contribution in [0.4, 0.5) is 0 Å². The zero-order chi connectivity index (χ0) is 15.6. The summed E-state index contributed by atoms with van der Waals surface area (Å²) in [4.78, 5) is 23.2. The summed E-state index contributed by atoms with van der Waals surface area (Å²) in [5, 5.41) is 0. The van der Waals surface area contributed by atoms with Crippen molar-refractivity contribution < 1.29 is 19.1 Å². The van der Waals surface area contributed by atoms with Crippen molar-refractivity contribution in [1.29, 1.82) is 0 Å². The van der Waals surface area contributed by atoms with Crippen LogP contribution in [-0.2, 0) is 25.7 Å². The fourth-order valence-corrected chi connectivity index (χ4v) is 2.60. The molecule has 0 saturated heterocycles. The van der Waals surface area contributed by atoms with E-state index in [0.717, 1.165) is 31.2 Å². The fraction of sp³-hybridized carbons (Fsp3) is 0.556. The standard InChI is InChI=1S/C18H24O4/c19-17(21-14-15-8-2-1-3-9-15)12-6-7-13-18(20)22-16-10-4-5-11-16/h1-3,8-9,16H,4-7,10-14H2. The van der Waals surface area contributed by atoms with Gasteiger partial charge in [-0.15, -0.1) is 0 Å². The predicted molar refractivity (Wildman–Crippen MR) is 83.1 cm³/mol. The van der Waals surface area contributed by atoms with Gasteiger partial charge in [0.05, 0.1) is 0 Å². The molecule has 1 aromatic rings. The molecule has 2 rings (SSSR count). The Morgan fingerprint density at radius 3 is 2.27 bits per heavy atom. The Labute approximate surface area is 131 Å². The summed E-state index contributed by atoms with van der Waals surface area (Å²) in [6.07, 6.45) is 6.51. The van der Waals surface area contributed by atoms with Gasteiger partial charge in [-0.05, 0) is 44.1 Å². The largest absolute Gasteiger partial charge is 0.462 e. The summed E-state index contributed by atoms with van der Waals surface area (Å²) in [6, 6.07) is 9.60. The summed E-state index contributed by atoms with van der Waals surface area (Å²) in [5.74, 6) is -0.349. The first-order chi connectivity index (χ1) is 10.7. The van der Waals surface area contributed by atoms with Crippen molar-refractivity contribution in [1.82, 2.24) is 0 Å². The van der Waals surface area contributed by atoms with Gasteiger partial charge in [0, 0.05) is 12.8 Å². The molecule has 1 saturated carbocycles. The number of carbonyl (C=O) groups is 2. The number of ether oxygens (including phenoxy) is 2. The van der Waals surface area contributed by atoms with Gasteiger partial charge in [-0.2, -0.15) is 0 Å². The number of rotatable bonds is 8. The number of esters is 2. The highest BCUT2D eigenvalue weighted by Crippen LogP contribution is 2.21. The molecule has 0 heterocycles. The maximum atomic E-state index is 11.6. The van der Waals surface area contributed by atoms with Crippen molar-refractivity contribution in [2.45, 2.75) is 64.1 Å². The third kappa shape index (κ3) is 6.29. The second kappa shape index (κ2) is 9.23. The molecule has 0 aliphatic heterocycles. The minimum Gasteiger partial charge on any atom is -0.462 e. The predicted octanol–water partition coefficient (Wildman–Crippen LogP) is 3.78. The Morgan fingerprint density at radius 2 is 1.59 bits per heavy atom. The van der Waals surface area contributed by atoms with E-state index < -0.39 is 0 Å². The molecule has 4 heteroatoms. The first kappa shape index (κ1) is 16.5. The molecule has 120 valence electrons. The summed E-state index contributed by atoms with van der Waals surface area (Å²) in [7, 11) is 0. The first-order valence-electron chi connectivity index (χ1n) is 8.13. The van der Waals surface area contributed by atoms with Crippen LogP contribution in [-0.4, -0.2) is 18.0 Å². The normalized spacial score (nSPS) is 14.7. The van der Waals surface area contributed by atoms with Crippen LogP contribution >= 0.6 is 0 Å².